The highest BCUT2D eigenvalue weighted by molar-refractivity contribution is 9.09. The summed E-state index contributed by atoms with van der Waals surface area (Å²) in [5.41, 5.74) is 2.44. The van der Waals surface area contributed by atoms with Gasteiger partial charge in [-0.05, 0) is 47.4 Å². The summed E-state index contributed by atoms with van der Waals surface area (Å²) < 4.78 is 22.3. The van der Waals surface area contributed by atoms with E-state index in [-0.39, 0.29) is 32.7 Å². The molecule has 2 aliphatic rings. The van der Waals surface area contributed by atoms with Gasteiger partial charge in [-0.1, -0.05) is 45.2 Å². The first kappa shape index (κ1) is 23.9. The molecule has 33 heavy (non-hydrogen) atoms. The number of hydrogen-bond acceptors (Lipinski definition) is 6. The van der Waals surface area contributed by atoms with E-state index in [0.717, 1.165) is 5.57 Å². The van der Waals surface area contributed by atoms with Crippen molar-refractivity contribution in [1.29, 1.82) is 0 Å². The van der Waals surface area contributed by atoms with Crippen molar-refractivity contribution in [2.75, 3.05) is 5.33 Å². The standard InChI is InChI=1S/C24H21BrCl2O6/c1-23(2)30-19-15(21(28)32-23)8-12(10-17(19)26)14(6-5-7-25)13-9-16-20(18(27)11-13)31-24(3,4)33-22(16)29/h6,8-11H,5,7H2,1-4H3. The summed E-state index contributed by atoms with van der Waals surface area (Å²) in [7, 11) is 0. The zero-order valence-corrected chi connectivity index (χ0v) is 21.5. The highest BCUT2D eigenvalue weighted by atomic mass is 79.9. The molecule has 6 nitrogen and oxygen atoms in total. The number of rotatable bonds is 4. The number of carbonyl (C=O) groups is 2. The number of hydrogen-bond donors (Lipinski definition) is 0. The normalized spacial score (nSPS) is 17.5. The fourth-order valence-corrected chi connectivity index (χ4v) is 4.44. The van der Waals surface area contributed by atoms with E-state index in [1.165, 1.54) is 0 Å². The summed E-state index contributed by atoms with van der Waals surface area (Å²) in [4.78, 5) is 25.3. The molecule has 0 aliphatic carbocycles. The number of carbonyl (C=O) groups excluding carboxylic acids is 2. The van der Waals surface area contributed by atoms with Crippen LogP contribution in [0.1, 0.15) is 66.0 Å². The van der Waals surface area contributed by atoms with Gasteiger partial charge in [0, 0.05) is 33.0 Å². The van der Waals surface area contributed by atoms with Crippen molar-refractivity contribution in [2.24, 2.45) is 0 Å². The van der Waals surface area contributed by atoms with Crippen LogP contribution in [0.4, 0.5) is 0 Å². The van der Waals surface area contributed by atoms with Crippen LogP contribution >= 0.6 is 39.1 Å². The van der Waals surface area contributed by atoms with E-state index in [1.54, 1.807) is 52.0 Å². The lowest BCUT2D eigenvalue weighted by Crippen LogP contribution is -2.39. The summed E-state index contributed by atoms with van der Waals surface area (Å²) in [6.07, 6.45) is 2.63. The first-order valence-electron chi connectivity index (χ1n) is 10.2. The summed E-state index contributed by atoms with van der Waals surface area (Å²) in [5, 5.41) is 1.24. The molecular weight excluding hydrogens is 535 g/mol. The van der Waals surface area contributed by atoms with E-state index < -0.39 is 23.5 Å². The van der Waals surface area contributed by atoms with Gasteiger partial charge in [0.25, 0.3) is 0 Å². The molecule has 0 N–H and O–H groups in total. The SMILES string of the molecule is CC1(C)OC(=O)c2cc(C(=CCCBr)c3cc(Cl)c4c(c3)C(=O)OC(C)(C)O4)cc(Cl)c2O1. The van der Waals surface area contributed by atoms with Crippen LogP contribution in [0.25, 0.3) is 5.57 Å². The van der Waals surface area contributed by atoms with Gasteiger partial charge in [-0.2, -0.15) is 0 Å². The smallest absolute Gasteiger partial charge is 0.345 e. The van der Waals surface area contributed by atoms with Crippen molar-refractivity contribution in [2.45, 2.75) is 45.7 Å². The number of cyclic esters (lactones) is 2. The Morgan fingerprint density at radius 1 is 0.818 bits per heavy atom. The molecule has 0 spiro atoms. The van der Waals surface area contributed by atoms with Gasteiger partial charge in [-0.15, -0.1) is 0 Å². The number of fused-ring (bicyclic) bond motifs is 2. The number of ether oxygens (including phenoxy) is 4. The molecule has 2 heterocycles. The molecule has 0 unspecified atom stereocenters. The molecule has 2 aromatic carbocycles. The van der Waals surface area contributed by atoms with Crippen LogP contribution in [0.2, 0.25) is 10.0 Å². The minimum atomic E-state index is -1.12. The Kier molecular flexibility index (Phi) is 6.18. The van der Waals surface area contributed by atoms with E-state index in [1.807, 2.05) is 6.08 Å². The number of alkyl halides is 1. The molecule has 2 aliphatic heterocycles. The monoisotopic (exact) mass is 554 g/mol. The van der Waals surface area contributed by atoms with Crippen molar-refractivity contribution < 1.29 is 28.5 Å². The fourth-order valence-electron chi connectivity index (χ4n) is 3.70. The molecule has 174 valence electrons. The van der Waals surface area contributed by atoms with Crippen molar-refractivity contribution in [3.05, 3.63) is 62.6 Å². The quantitative estimate of drug-likeness (QED) is 0.306. The van der Waals surface area contributed by atoms with Gasteiger partial charge in [0.2, 0.25) is 11.6 Å². The topological polar surface area (TPSA) is 71.1 Å². The second kappa shape index (κ2) is 8.53. The van der Waals surface area contributed by atoms with Gasteiger partial charge >= 0.3 is 11.9 Å². The third-order valence-electron chi connectivity index (χ3n) is 4.98. The van der Waals surface area contributed by atoms with Gasteiger partial charge in [-0.3, -0.25) is 0 Å². The molecular formula is C24H21BrCl2O6. The van der Waals surface area contributed by atoms with E-state index in [9.17, 15) is 9.59 Å². The molecule has 2 aromatic rings. The van der Waals surface area contributed by atoms with Crippen molar-refractivity contribution in [3.63, 3.8) is 0 Å². The molecule has 0 amide bonds. The Balaban J connectivity index is 1.85. The molecule has 0 aromatic heterocycles. The lowest BCUT2D eigenvalue weighted by molar-refractivity contribution is -0.128. The summed E-state index contributed by atoms with van der Waals surface area (Å²) >= 11 is 16.5. The van der Waals surface area contributed by atoms with Crippen LogP contribution in [0.3, 0.4) is 0 Å². The summed E-state index contributed by atoms with van der Waals surface area (Å²) in [5.74, 6) is -2.78. The van der Waals surface area contributed by atoms with E-state index in [0.29, 0.717) is 22.9 Å². The second-order valence-electron chi connectivity index (χ2n) is 8.55. The molecule has 0 saturated carbocycles. The minimum absolute atomic E-state index is 0.218. The Bertz CT molecular complexity index is 1110. The predicted molar refractivity (Wildman–Crippen MR) is 129 cm³/mol. The van der Waals surface area contributed by atoms with Crippen LogP contribution in [0.5, 0.6) is 11.5 Å². The maximum Gasteiger partial charge on any atom is 0.345 e. The zero-order chi connectivity index (χ0) is 24.1. The maximum absolute atomic E-state index is 12.6. The van der Waals surface area contributed by atoms with Crippen molar-refractivity contribution in [3.8, 4) is 11.5 Å². The van der Waals surface area contributed by atoms with Crippen LogP contribution in [0.15, 0.2) is 30.3 Å². The van der Waals surface area contributed by atoms with E-state index in [2.05, 4.69) is 15.9 Å². The molecule has 9 heteroatoms. The highest BCUT2D eigenvalue weighted by Crippen LogP contribution is 2.43. The van der Waals surface area contributed by atoms with E-state index >= 15 is 0 Å². The fraction of sp³-hybridized carbons (Fsp3) is 0.333. The zero-order valence-electron chi connectivity index (χ0n) is 18.4. The van der Waals surface area contributed by atoms with Crippen LogP contribution in [-0.2, 0) is 9.47 Å². The van der Waals surface area contributed by atoms with Gasteiger partial charge in [0.05, 0.1) is 10.0 Å². The van der Waals surface area contributed by atoms with Crippen molar-refractivity contribution in [1.82, 2.24) is 0 Å². The molecule has 0 radical (unpaired) electrons. The average Bonchev–Trinajstić information content (AvgIpc) is 2.69. The average molecular weight is 556 g/mol. The third-order valence-corrected chi connectivity index (χ3v) is 6.00. The Morgan fingerprint density at radius 2 is 1.24 bits per heavy atom. The number of esters is 2. The third kappa shape index (κ3) is 4.72. The van der Waals surface area contributed by atoms with Gasteiger partial charge in [-0.25, -0.2) is 9.59 Å². The van der Waals surface area contributed by atoms with Crippen LogP contribution in [-0.4, -0.2) is 28.8 Å². The number of benzene rings is 2. The predicted octanol–water partition coefficient (Wildman–Crippen LogP) is 6.78. The Labute approximate surface area is 209 Å². The first-order valence-corrected chi connectivity index (χ1v) is 12.1. The molecule has 4 rings (SSSR count). The summed E-state index contributed by atoms with van der Waals surface area (Å²) in [6.45, 7) is 6.54. The first-order chi connectivity index (χ1) is 15.4. The lowest BCUT2D eigenvalue weighted by atomic mass is 9.93. The number of allylic oxidation sites excluding steroid dienone is 1. The molecule has 0 atom stereocenters. The largest absolute Gasteiger partial charge is 0.450 e. The maximum atomic E-state index is 12.6. The van der Waals surface area contributed by atoms with Gasteiger partial charge < -0.3 is 18.9 Å². The van der Waals surface area contributed by atoms with Crippen molar-refractivity contribution >= 4 is 56.6 Å². The minimum Gasteiger partial charge on any atom is -0.450 e. The molecule has 0 fully saturated rings. The lowest BCUT2D eigenvalue weighted by Gasteiger charge is -2.33. The van der Waals surface area contributed by atoms with Crippen LogP contribution < -0.4 is 9.47 Å². The van der Waals surface area contributed by atoms with E-state index in [4.69, 9.17) is 42.1 Å². The number of halogens is 3. The van der Waals surface area contributed by atoms with Crippen LogP contribution in [0, 0.1) is 0 Å². The molecule has 0 bridgehead atoms. The molecule has 0 saturated heterocycles. The Morgan fingerprint density at radius 3 is 1.64 bits per heavy atom. The highest BCUT2D eigenvalue weighted by Gasteiger charge is 2.37. The summed E-state index contributed by atoms with van der Waals surface area (Å²) in [6, 6.07) is 6.73. The Hall–Kier alpha value is -2.22. The van der Waals surface area contributed by atoms with Gasteiger partial charge in [0.15, 0.2) is 11.5 Å². The second-order valence-corrected chi connectivity index (χ2v) is 10.2. The van der Waals surface area contributed by atoms with Gasteiger partial charge in [0.1, 0.15) is 11.1 Å².